The van der Waals surface area contributed by atoms with Gasteiger partial charge in [-0.3, -0.25) is 9.48 Å². The summed E-state index contributed by atoms with van der Waals surface area (Å²) in [4.78, 5) is 23.7. The van der Waals surface area contributed by atoms with E-state index in [9.17, 15) is 4.79 Å². The van der Waals surface area contributed by atoms with Crippen molar-refractivity contribution in [3.63, 3.8) is 0 Å². The van der Waals surface area contributed by atoms with Gasteiger partial charge in [0.05, 0.1) is 11.8 Å². The highest BCUT2D eigenvalue weighted by molar-refractivity contribution is 5.96. The molecule has 1 aliphatic heterocycles. The fraction of sp³-hybridized carbons (Fsp3) is 0.500. The highest BCUT2D eigenvalue weighted by atomic mass is 16.1. The average molecular weight is 299 g/mol. The van der Waals surface area contributed by atoms with Crippen molar-refractivity contribution in [2.24, 2.45) is 7.05 Å². The summed E-state index contributed by atoms with van der Waals surface area (Å²) in [6, 6.07) is 2.14. The van der Waals surface area contributed by atoms with Crippen LogP contribution in [0.15, 0.2) is 18.5 Å². The Balaban J connectivity index is 1.77. The number of aromatic nitrogens is 4. The maximum absolute atomic E-state index is 12.4. The standard InChI is InChI=1S/C16H21N5O/c1-11-7-12(2)19-16(18-11)21-6-4-5-14(21)8-15(22)13-9-17-20(3)10-13/h7,9-10,14H,4-6,8H2,1-3H3/t14-/m1/s1. The number of rotatable bonds is 4. The summed E-state index contributed by atoms with van der Waals surface area (Å²) in [5, 5.41) is 4.07. The van der Waals surface area contributed by atoms with Crippen molar-refractivity contribution in [3.8, 4) is 0 Å². The van der Waals surface area contributed by atoms with Gasteiger partial charge in [0.1, 0.15) is 0 Å². The molecular formula is C16H21N5O. The molecule has 0 aromatic carbocycles. The van der Waals surface area contributed by atoms with Crippen molar-refractivity contribution in [1.29, 1.82) is 0 Å². The molecule has 3 rings (SSSR count). The first-order valence-corrected chi connectivity index (χ1v) is 7.63. The molecule has 0 saturated carbocycles. The van der Waals surface area contributed by atoms with Crippen LogP contribution in [0.5, 0.6) is 0 Å². The van der Waals surface area contributed by atoms with Crippen LogP contribution >= 0.6 is 0 Å². The van der Waals surface area contributed by atoms with E-state index in [-0.39, 0.29) is 11.8 Å². The van der Waals surface area contributed by atoms with Crippen molar-refractivity contribution in [1.82, 2.24) is 19.7 Å². The Morgan fingerprint density at radius 1 is 1.32 bits per heavy atom. The molecule has 2 aromatic rings. The van der Waals surface area contributed by atoms with E-state index < -0.39 is 0 Å². The molecule has 1 fully saturated rings. The van der Waals surface area contributed by atoms with Gasteiger partial charge in [0, 0.05) is 43.6 Å². The van der Waals surface area contributed by atoms with E-state index in [0.717, 1.165) is 36.7 Å². The maximum atomic E-state index is 12.4. The molecule has 0 spiro atoms. The van der Waals surface area contributed by atoms with Crippen molar-refractivity contribution >= 4 is 11.7 Å². The zero-order valence-electron chi connectivity index (χ0n) is 13.3. The van der Waals surface area contributed by atoms with Gasteiger partial charge in [0.15, 0.2) is 5.78 Å². The molecule has 0 aliphatic carbocycles. The van der Waals surface area contributed by atoms with Gasteiger partial charge < -0.3 is 4.90 Å². The summed E-state index contributed by atoms with van der Waals surface area (Å²) < 4.78 is 1.66. The Kier molecular flexibility index (Phi) is 3.92. The van der Waals surface area contributed by atoms with Crippen LogP contribution in [0.25, 0.3) is 0 Å². The highest BCUT2D eigenvalue weighted by Crippen LogP contribution is 2.26. The lowest BCUT2D eigenvalue weighted by molar-refractivity contribution is 0.0974. The van der Waals surface area contributed by atoms with Gasteiger partial charge in [-0.25, -0.2) is 9.97 Å². The molecule has 22 heavy (non-hydrogen) atoms. The van der Waals surface area contributed by atoms with Gasteiger partial charge in [0.2, 0.25) is 5.95 Å². The topological polar surface area (TPSA) is 63.9 Å². The monoisotopic (exact) mass is 299 g/mol. The predicted octanol–water partition coefficient (Wildman–Crippen LogP) is 2.07. The van der Waals surface area contributed by atoms with Crippen molar-refractivity contribution in [2.45, 2.75) is 39.2 Å². The average Bonchev–Trinajstić information content (AvgIpc) is 3.06. The zero-order valence-corrected chi connectivity index (χ0v) is 13.3. The van der Waals surface area contributed by atoms with Crippen molar-refractivity contribution < 1.29 is 4.79 Å². The van der Waals surface area contributed by atoms with Crippen LogP contribution in [-0.4, -0.2) is 38.1 Å². The first-order chi connectivity index (χ1) is 10.5. The summed E-state index contributed by atoms with van der Waals surface area (Å²) in [6.07, 6.45) is 5.97. The SMILES string of the molecule is Cc1cc(C)nc(N2CCC[C@@H]2CC(=O)c2cnn(C)c2)n1. The molecule has 6 heteroatoms. The molecule has 0 bridgehead atoms. The number of hydrogen-bond acceptors (Lipinski definition) is 5. The molecule has 1 aliphatic rings. The van der Waals surface area contributed by atoms with E-state index in [1.807, 2.05) is 27.0 Å². The Morgan fingerprint density at radius 2 is 2.05 bits per heavy atom. The van der Waals surface area contributed by atoms with Gasteiger partial charge in [-0.1, -0.05) is 0 Å². The summed E-state index contributed by atoms with van der Waals surface area (Å²) in [5.41, 5.74) is 2.61. The van der Waals surface area contributed by atoms with E-state index in [1.165, 1.54) is 0 Å². The second-order valence-corrected chi connectivity index (χ2v) is 5.97. The molecule has 0 amide bonds. The van der Waals surface area contributed by atoms with Gasteiger partial charge in [0.25, 0.3) is 0 Å². The van der Waals surface area contributed by atoms with Gasteiger partial charge >= 0.3 is 0 Å². The van der Waals surface area contributed by atoms with Gasteiger partial charge in [-0.15, -0.1) is 0 Å². The van der Waals surface area contributed by atoms with Crippen LogP contribution in [0, 0.1) is 13.8 Å². The van der Waals surface area contributed by atoms with Crippen molar-refractivity contribution in [2.75, 3.05) is 11.4 Å². The van der Waals surface area contributed by atoms with Crippen molar-refractivity contribution in [3.05, 3.63) is 35.4 Å². The number of nitrogens with zero attached hydrogens (tertiary/aromatic N) is 5. The zero-order chi connectivity index (χ0) is 15.7. The fourth-order valence-corrected chi connectivity index (χ4v) is 3.04. The van der Waals surface area contributed by atoms with Gasteiger partial charge in [-0.05, 0) is 32.8 Å². The molecule has 6 nitrogen and oxygen atoms in total. The number of carbonyl (C=O) groups excluding carboxylic acids is 1. The van der Waals surface area contributed by atoms with Crippen LogP contribution in [-0.2, 0) is 7.05 Å². The van der Waals surface area contributed by atoms with E-state index in [1.54, 1.807) is 17.1 Å². The third-order valence-electron chi connectivity index (χ3n) is 4.05. The molecule has 1 saturated heterocycles. The molecule has 3 heterocycles. The Bertz CT molecular complexity index is 673. The first-order valence-electron chi connectivity index (χ1n) is 7.63. The second-order valence-electron chi connectivity index (χ2n) is 5.97. The number of hydrogen-bond donors (Lipinski definition) is 0. The molecule has 0 unspecified atom stereocenters. The molecular weight excluding hydrogens is 278 g/mol. The van der Waals surface area contributed by atoms with E-state index in [4.69, 9.17) is 0 Å². The summed E-state index contributed by atoms with van der Waals surface area (Å²) in [5.74, 6) is 0.883. The number of carbonyl (C=O) groups is 1. The number of anilines is 1. The Hall–Kier alpha value is -2.24. The Labute approximate surface area is 130 Å². The number of Topliss-reactive ketones (excluding diaryl/α,β-unsaturated/α-hetero) is 1. The first kappa shape index (κ1) is 14.7. The normalized spacial score (nSPS) is 18.0. The lowest BCUT2D eigenvalue weighted by Crippen LogP contribution is -2.33. The largest absolute Gasteiger partial charge is 0.337 e. The van der Waals surface area contributed by atoms with Crippen LogP contribution in [0.1, 0.15) is 41.0 Å². The lowest BCUT2D eigenvalue weighted by atomic mass is 10.0. The molecule has 2 aromatic heterocycles. The maximum Gasteiger partial charge on any atom is 0.226 e. The number of aryl methyl sites for hydroxylation is 3. The van der Waals surface area contributed by atoms with Gasteiger partial charge in [-0.2, -0.15) is 5.10 Å². The molecule has 0 radical (unpaired) electrons. The number of ketones is 1. The smallest absolute Gasteiger partial charge is 0.226 e. The third kappa shape index (κ3) is 3.00. The fourth-order valence-electron chi connectivity index (χ4n) is 3.04. The second kappa shape index (κ2) is 5.87. The lowest BCUT2D eigenvalue weighted by Gasteiger charge is -2.24. The molecule has 116 valence electrons. The third-order valence-corrected chi connectivity index (χ3v) is 4.05. The summed E-state index contributed by atoms with van der Waals surface area (Å²) in [7, 11) is 1.82. The summed E-state index contributed by atoms with van der Waals surface area (Å²) in [6.45, 7) is 4.86. The van der Waals surface area contributed by atoms with E-state index in [0.29, 0.717) is 12.0 Å². The molecule has 0 N–H and O–H groups in total. The van der Waals surface area contributed by atoms with E-state index in [2.05, 4.69) is 20.0 Å². The van der Waals surface area contributed by atoms with Crippen LogP contribution in [0.4, 0.5) is 5.95 Å². The molecule has 1 atom stereocenters. The van der Waals surface area contributed by atoms with E-state index >= 15 is 0 Å². The minimum atomic E-state index is 0.134. The quantitative estimate of drug-likeness (QED) is 0.809. The van der Waals surface area contributed by atoms with Crippen LogP contribution in [0.2, 0.25) is 0 Å². The van der Waals surface area contributed by atoms with Crippen LogP contribution < -0.4 is 4.90 Å². The Morgan fingerprint density at radius 3 is 2.68 bits per heavy atom. The predicted molar refractivity (Wildman–Crippen MR) is 84.0 cm³/mol. The highest BCUT2D eigenvalue weighted by Gasteiger charge is 2.29. The summed E-state index contributed by atoms with van der Waals surface area (Å²) >= 11 is 0. The van der Waals surface area contributed by atoms with Crippen LogP contribution in [0.3, 0.4) is 0 Å². The minimum absolute atomic E-state index is 0.134. The minimum Gasteiger partial charge on any atom is -0.337 e.